The topological polar surface area (TPSA) is 84.7 Å². The summed E-state index contributed by atoms with van der Waals surface area (Å²) in [6, 6.07) is 0.118. The van der Waals surface area contributed by atoms with Gasteiger partial charge in [-0.25, -0.2) is 0 Å². The monoisotopic (exact) mass is 271 g/mol. The zero-order valence-electron chi connectivity index (χ0n) is 11.7. The summed E-state index contributed by atoms with van der Waals surface area (Å²) in [5.74, 6) is -0.497. The molecule has 3 N–H and O–H groups in total. The summed E-state index contributed by atoms with van der Waals surface area (Å²) in [5.41, 5.74) is 5.23. The van der Waals surface area contributed by atoms with E-state index in [0.717, 1.165) is 32.4 Å². The van der Waals surface area contributed by atoms with Crippen LogP contribution >= 0.6 is 0 Å². The Morgan fingerprint density at radius 3 is 2.58 bits per heavy atom. The van der Waals surface area contributed by atoms with Crippen LogP contribution < -0.4 is 11.1 Å². The highest BCUT2D eigenvalue weighted by Gasteiger charge is 2.26. The second kappa shape index (κ2) is 8.87. The minimum atomic E-state index is -0.457. The van der Waals surface area contributed by atoms with Crippen LogP contribution in [-0.2, 0) is 14.3 Å². The van der Waals surface area contributed by atoms with Gasteiger partial charge in [0.1, 0.15) is 0 Å². The molecule has 0 aromatic rings. The normalized spacial score (nSPS) is 16.3. The molecule has 6 nitrogen and oxygen atoms in total. The average molecular weight is 271 g/mol. The quantitative estimate of drug-likeness (QED) is 0.602. The highest BCUT2D eigenvalue weighted by atomic mass is 16.5. The zero-order valence-corrected chi connectivity index (χ0v) is 11.7. The molecule has 0 unspecified atom stereocenters. The lowest BCUT2D eigenvalue weighted by Gasteiger charge is -2.34. The van der Waals surface area contributed by atoms with Gasteiger partial charge in [-0.1, -0.05) is 6.92 Å². The van der Waals surface area contributed by atoms with Crippen molar-refractivity contribution in [1.29, 1.82) is 0 Å². The maximum Gasteiger partial charge on any atom is 0.237 e. The Labute approximate surface area is 114 Å². The van der Waals surface area contributed by atoms with Crippen LogP contribution in [0.2, 0.25) is 0 Å². The number of carbonyl (C=O) groups is 2. The molecule has 1 aliphatic rings. The van der Waals surface area contributed by atoms with Gasteiger partial charge in [0.2, 0.25) is 11.8 Å². The first kappa shape index (κ1) is 15.9. The van der Waals surface area contributed by atoms with E-state index in [4.69, 9.17) is 10.5 Å². The van der Waals surface area contributed by atoms with E-state index in [2.05, 4.69) is 5.32 Å². The number of nitrogens with zero attached hydrogens (tertiary/aromatic N) is 1. The Morgan fingerprint density at radius 1 is 1.32 bits per heavy atom. The summed E-state index contributed by atoms with van der Waals surface area (Å²) in [6.07, 6.45) is 2.99. The first-order valence-electron chi connectivity index (χ1n) is 7.01. The molecule has 0 aliphatic carbocycles. The van der Waals surface area contributed by atoms with Gasteiger partial charge in [-0.3, -0.25) is 9.59 Å². The highest BCUT2D eigenvalue weighted by molar-refractivity contribution is 5.84. The molecule has 1 fully saturated rings. The van der Waals surface area contributed by atoms with Gasteiger partial charge in [-0.05, 0) is 32.4 Å². The van der Waals surface area contributed by atoms with E-state index in [1.165, 1.54) is 0 Å². The maximum absolute atomic E-state index is 12.2. The molecular weight excluding hydrogens is 246 g/mol. The van der Waals surface area contributed by atoms with Crippen LogP contribution in [0.25, 0.3) is 0 Å². The van der Waals surface area contributed by atoms with E-state index >= 15 is 0 Å². The minimum Gasteiger partial charge on any atom is -0.381 e. The standard InChI is InChI=1S/C13H25N3O3/c1-2-8-19-9-5-13(18)16(10-12(14)17)11-3-6-15-7-4-11/h11,15H,2-10H2,1H3,(H2,14,17). The fraction of sp³-hybridized carbons (Fsp3) is 0.846. The van der Waals surface area contributed by atoms with Gasteiger partial charge in [0.05, 0.1) is 19.6 Å². The van der Waals surface area contributed by atoms with Gasteiger partial charge in [-0.2, -0.15) is 0 Å². The Bertz CT molecular complexity index is 291. The van der Waals surface area contributed by atoms with Crippen molar-refractivity contribution in [2.45, 2.75) is 38.6 Å². The lowest BCUT2D eigenvalue weighted by atomic mass is 10.0. The van der Waals surface area contributed by atoms with Gasteiger partial charge >= 0.3 is 0 Å². The average Bonchev–Trinajstić information content (AvgIpc) is 2.41. The van der Waals surface area contributed by atoms with Crippen LogP contribution in [0.5, 0.6) is 0 Å². The number of nitrogens with one attached hydrogen (secondary N) is 1. The molecule has 110 valence electrons. The molecule has 0 aromatic carbocycles. The second-order valence-corrected chi connectivity index (χ2v) is 4.83. The first-order chi connectivity index (χ1) is 9.15. The molecule has 19 heavy (non-hydrogen) atoms. The molecule has 1 rings (SSSR count). The van der Waals surface area contributed by atoms with E-state index in [0.29, 0.717) is 19.6 Å². The van der Waals surface area contributed by atoms with Crippen LogP contribution in [0, 0.1) is 0 Å². The minimum absolute atomic E-state index is 0.0112. The molecule has 0 atom stereocenters. The molecule has 1 aliphatic heterocycles. The molecule has 0 radical (unpaired) electrons. The molecule has 0 aromatic heterocycles. The predicted molar refractivity (Wildman–Crippen MR) is 72.5 cm³/mol. The third-order valence-corrected chi connectivity index (χ3v) is 3.20. The molecule has 6 heteroatoms. The lowest BCUT2D eigenvalue weighted by molar-refractivity contribution is -0.139. The smallest absolute Gasteiger partial charge is 0.237 e. The number of hydrogen-bond donors (Lipinski definition) is 2. The summed E-state index contributed by atoms with van der Waals surface area (Å²) < 4.78 is 5.32. The number of rotatable bonds is 8. The number of piperidine rings is 1. The summed E-state index contributed by atoms with van der Waals surface area (Å²) in [7, 11) is 0. The van der Waals surface area contributed by atoms with E-state index in [9.17, 15) is 9.59 Å². The summed E-state index contributed by atoms with van der Waals surface area (Å²) in [6.45, 7) is 4.86. The van der Waals surface area contributed by atoms with E-state index in [1.807, 2.05) is 6.92 Å². The fourth-order valence-corrected chi connectivity index (χ4v) is 2.26. The number of amides is 2. The maximum atomic E-state index is 12.2. The van der Waals surface area contributed by atoms with Crippen LogP contribution in [0.4, 0.5) is 0 Å². The van der Waals surface area contributed by atoms with Crippen LogP contribution in [0.3, 0.4) is 0 Å². The SMILES string of the molecule is CCCOCCC(=O)N(CC(N)=O)C1CCNCC1. The number of nitrogens with two attached hydrogens (primary N) is 1. The van der Waals surface area contributed by atoms with Gasteiger partial charge in [0.25, 0.3) is 0 Å². The zero-order chi connectivity index (χ0) is 14.1. The molecule has 0 spiro atoms. The van der Waals surface area contributed by atoms with Gasteiger partial charge in [0.15, 0.2) is 0 Å². The van der Waals surface area contributed by atoms with Crippen LogP contribution in [-0.4, -0.2) is 55.6 Å². The Balaban J connectivity index is 2.46. The van der Waals surface area contributed by atoms with Crippen molar-refractivity contribution in [3.05, 3.63) is 0 Å². The van der Waals surface area contributed by atoms with Crippen molar-refractivity contribution < 1.29 is 14.3 Å². The van der Waals surface area contributed by atoms with Crippen molar-refractivity contribution in [3.8, 4) is 0 Å². The van der Waals surface area contributed by atoms with E-state index in [-0.39, 0.29) is 18.5 Å². The summed E-state index contributed by atoms with van der Waals surface area (Å²) in [4.78, 5) is 24.9. The fourth-order valence-electron chi connectivity index (χ4n) is 2.26. The molecule has 1 heterocycles. The predicted octanol–water partition coefficient (Wildman–Crippen LogP) is -0.131. The van der Waals surface area contributed by atoms with Crippen molar-refractivity contribution >= 4 is 11.8 Å². The molecule has 0 saturated carbocycles. The number of hydrogen-bond acceptors (Lipinski definition) is 4. The Kier molecular flexibility index (Phi) is 7.43. The highest BCUT2D eigenvalue weighted by Crippen LogP contribution is 2.13. The van der Waals surface area contributed by atoms with Crippen molar-refractivity contribution in [2.75, 3.05) is 32.8 Å². The number of carbonyl (C=O) groups excluding carboxylic acids is 2. The van der Waals surface area contributed by atoms with Crippen LogP contribution in [0.15, 0.2) is 0 Å². The van der Waals surface area contributed by atoms with E-state index < -0.39 is 5.91 Å². The summed E-state index contributed by atoms with van der Waals surface area (Å²) >= 11 is 0. The third-order valence-electron chi connectivity index (χ3n) is 3.20. The van der Waals surface area contributed by atoms with Crippen molar-refractivity contribution in [3.63, 3.8) is 0 Å². The molecule has 0 bridgehead atoms. The van der Waals surface area contributed by atoms with Crippen LogP contribution in [0.1, 0.15) is 32.6 Å². The largest absolute Gasteiger partial charge is 0.381 e. The molecular formula is C13H25N3O3. The molecule has 2 amide bonds. The number of primary amides is 1. The van der Waals surface area contributed by atoms with Crippen molar-refractivity contribution in [1.82, 2.24) is 10.2 Å². The molecule has 1 saturated heterocycles. The summed E-state index contributed by atoms with van der Waals surface area (Å²) in [5, 5.41) is 3.24. The van der Waals surface area contributed by atoms with Gasteiger partial charge in [-0.15, -0.1) is 0 Å². The Morgan fingerprint density at radius 2 is 2.00 bits per heavy atom. The Hall–Kier alpha value is -1.14. The number of ether oxygens (including phenoxy) is 1. The van der Waals surface area contributed by atoms with Gasteiger partial charge in [0, 0.05) is 12.6 Å². The van der Waals surface area contributed by atoms with E-state index in [1.54, 1.807) is 4.90 Å². The van der Waals surface area contributed by atoms with Crippen molar-refractivity contribution in [2.24, 2.45) is 5.73 Å². The second-order valence-electron chi connectivity index (χ2n) is 4.83. The van der Waals surface area contributed by atoms with Gasteiger partial charge < -0.3 is 20.7 Å². The lowest BCUT2D eigenvalue weighted by Crippen LogP contribution is -2.49. The first-order valence-corrected chi connectivity index (χ1v) is 7.01. The third kappa shape index (κ3) is 6.02.